The molecule has 3 rings (SSSR count). The topological polar surface area (TPSA) is 149 Å². The standard InChI is InChI=1S/C21H21N5O5S/c1-2-15(13-19(27)28)26-32(30,31)18-8-4-7-17(12-18)24-20(29)14-5-3-6-16(11-14)25-21-22-9-10-23-21/h1,3-8,11-12,15,26H,9-10,13H2,(H,24,29)(H,27,28)(H2,22,23,25)/t15-/m1/s1. The van der Waals surface area contributed by atoms with Crippen molar-refractivity contribution >= 4 is 39.2 Å². The molecule has 1 atom stereocenters. The van der Waals surface area contributed by atoms with Crippen molar-refractivity contribution in [1.29, 1.82) is 0 Å². The Kier molecular flexibility index (Phi) is 7.09. The molecule has 0 spiro atoms. The molecule has 10 nitrogen and oxygen atoms in total. The van der Waals surface area contributed by atoms with Gasteiger partial charge >= 0.3 is 5.97 Å². The lowest BCUT2D eigenvalue weighted by Crippen LogP contribution is -2.35. The number of carboxylic acid groups (broad SMARTS) is 1. The number of aliphatic imine (C=N–C) groups is 1. The smallest absolute Gasteiger partial charge is 0.305 e. The van der Waals surface area contributed by atoms with E-state index in [2.05, 4.69) is 31.6 Å². The summed E-state index contributed by atoms with van der Waals surface area (Å²) < 4.78 is 27.3. The van der Waals surface area contributed by atoms with Crippen molar-refractivity contribution in [2.24, 2.45) is 4.99 Å². The van der Waals surface area contributed by atoms with Crippen molar-refractivity contribution in [3.63, 3.8) is 0 Å². The predicted molar refractivity (Wildman–Crippen MR) is 120 cm³/mol. The first-order valence-corrected chi connectivity index (χ1v) is 11.0. The Morgan fingerprint density at radius 2 is 1.94 bits per heavy atom. The predicted octanol–water partition coefficient (Wildman–Crippen LogP) is 1.06. The molecule has 0 unspecified atom stereocenters. The molecule has 1 aliphatic rings. The molecule has 166 valence electrons. The number of nitrogens with one attached hydrogen (secondary N) is 4. The molecular formula is C21H21N5O5S. The Morgan fingerprint density at radius 1 is 1.19 bits per heavy atom. The van der Waals surface area contributed by atoms with Crippen molar-refractivity contribution in [3.05, 3.63) is 54.1 Å². The number of carbonyl (C=O) groups excluding carboxylic acids is 1. The van der Waals surface area contributed by atoms with Crippen LogP contribution in [0.3, 0.4) is 0 Å². The molecule has 0 saturated carbocycles. The van der Waals surface area contributed by atoms with Gasteiger partial charge in [0, 0.05) is 23.5 Å². The molecule has 0 aliphatic carbocycles. The summed E-state index contributed by atoms with van der Waals surface area (Å²) >= 11 is 0. The molecule has 1 aliphatic heterocycles. The first-order chi connectivity index (χ1) is 15.3. The molecule has 0 saturated heterocycles. The van der Waals surface area contributed by atoms with Crippen LogP contribution in [-0.4, -0.2) is 50.5 Å². The third kappa shape index (κ3) is 6.07. The summed E-state index contributed by atoms with van der Waals surface area (Å²) in [5, 5.41) is 17.6. The van der Waals surface area contributed by atoms with E-state index in [0.717, 1.165) is 6.54 Å². The Morgan fingerprint density at radius 3 is 2.62 bits per heavy atom. The normalized spacial score (nSPS) is 13.9. The lowest BCUT2D eigenvalue weighted by atomic mass is 10.2. The van der Waals surface area contributed by atoms with E-state index in [4.69, 9.17) is 11.5 Å². The van der Waals surface area contributed by atoms with Gasteiger partial charge in [-0.25, -0.2) is 8.42 Å². The van der Waals surface area contributed by atoms with Crippen LogP contribution in [0.15, 0.2) is 58.4 Å². The second-order valence-corrected chi connectivity index (χ2v) is 8.50. The molecule has 0 aromatic heterocycles. The van der Waals surface area contributed by atoms with Crippen LogP contribution >= 0.6 is 0 Å². The van der Waals surface area contributed by atoms with Crippen molar-refractivity contribution in [2.75, 3.05) is 23.7 Å². The number of benzene rings is 2. The van der Waals surface area contributed by atoms with Gasteiger partial charge in [0.05, 0.1) is 23.9 Å². The van der Waals surface area contributed by atoms with Crippen molar-refractivity contribution in [1.82, 2.24) is 10.0 Å². The van der Waals surface area contributed by atoms with Crippen LogP contribution in [0.1, 0.15) is 16.8 Å². The monoisotopic (exact) mass is 455 g/mol. The molecule has 5 N–H and O–H groups in total. The minimum absolute atomic E-state index is 0.165. The Labute approximate surface area is 185 Å². The van der Waals surface area contributed by atoms with Crippen LogP contribution in [0.2, 0.25) is 0 Å². The number of sulfonamides is 1. The van der Waals surface area contributed by atoms with E-state index in [0.29, 0.717) is 23.8 Å². The highest BCUT2D eigenvalue weighted by molar-refractivity contribution is 7.89. The highest BCUT2D eigenvalue weighted by atomic mass is 32.2. The number of hydrogen-bond acceptors (Lipinski definition) is 7. The number of amides is 1. The number of terminal acetylenes is 1. The van der Waals surface area contributed by atoms with E-state index in [1.807, 2.05) is 0 Å². The summed E-state index contributed by atoms with van der Waals surface area (Å²) in [6, 6.07) is 11.1. The molecular weight excluding hydrogens is 434 g/mol. The van der Waals surface area contributed by atoms with E-state index < -0.39 is 34.4 Å². The fourth-order valence-electron chi connectivity index (χ4n) is 2.87. The van der Waals surface area contributed by atoms with E-state index >= 15 is 0 Å². The maximum absolute atomic E-state index is 12.7. The zero-order valence-corrected chi connectivity index (χ0v) is 17.6. The van der Waals surface area contributed by atoms with E-state index in [-0.39, 0.29) is 10.6 Å². The van der Waals surface area contributed by atoms with Crippen LogP contribution in [0, 0.1) is 12.3 Å². The van der Waals surface area contributed by atoms with Gasteiger partial charge in [-0.05, 0) is 36.4 Å². The zero-order valence-electron chi connectivity index (χ0n) is 16.8. The molecule has 32 heavy (non-hydrogen) atoms. The molecule has 11 heteroatoms. The number of guanidine groups is 1. The average Bonchev–Trinajstić information content (AvgIpc) is 3.26. The number of carboxylic acids is 1. The third-order valence-corrected chi connectivity index (χ3v) is 5.81. The second kappa shape index (κ2) is 9.95. The molecule has 2 aromatic carbocycles. The Balaban J connectivity index is 1.72. The SMILES string of the molecule is C#C[C@H](CC(=O)O)NS(=O)(=O)c1cccc(NC(=O)c2cccc(NC3=NCCN3)c2)c1. The van der Waals surface area contributed by atoms with Crippen LogP contribution in [0.4, 0.5) is 11.4 Å². The Bertz CT molecular complexity index is 1200. The van der Waals surface area contributed by atoms with Gasteiger partial charge in [0.15, 0.2) is 5.96 Å². The van der Waals surface area contributed by atoms with Crippen molar-refractivity contribution < 1.29 is 23.1 Å². The molecule has 0 radical (unpaired) electrons. The van der Waals surface area contributed by atoms with Gasteiger partial charge in [-0.3, -0.25) is 14.6 Å². The summed E-state index contributed by atoms with van der Waals surface area (Å²) in [4.78, 5) is 27.6. The molecule has 1 heterocycles. The fraction of sp³-hybridized carbons (Fsp3) is 0.190. The van der Waals surface area contributed by atoms with Gasteiger partial charge in [0.2, 0.25) is 10.0 Å². The highest BCUT2D eigenvalue weighted by Gasteiger charge is 2.21. The molecule has 2 aromatic rings. The summed E-state index contributed by atoms with van der Waals surface area (Å²) in [6.07, 6.45) is 4.66. The van der Waals surface area contributed by atoms with E-state index in [1.54, 1.807) is 24.3 Å². The van der Waals surface area contributed by atoms with Crippen molar-refractivity contribution in [3.8, 4) is 12.3 Å². The average molecular weight is 455 g/mol. The van der Waals surface area contributed by atoms with Gasteiger partial charge in [-0.15, -0.1) is 6.42 Å². The summed E-state index contributed by atoms with van der Waals surface area (Å²) in [5.74, 6) is 1.05. The largest absolute Gasteiger partial charge is 0.481 e. The fourth-order valence-corrected chi connectivity index (χ4v) is 4.07. The first-order valence-electron chi connectivity index (χ1n) is 9.54. The molecule has 1 amide bonds. The van der Waals surface area contributed by atoms with Gasteiger partial charge < -0.3 is 21.1 Å². The lowest BCUT2D eigenvalue weighted by Gasteiger charge is -2.13. The maximum Gasteiger partial charge on any atom is 0.305 e. The maximum atomic E-state index is 12.7. The van der Waals surface area contributed by atoms with E-state index in [1.165, 1.54) is 24.3 Å². The quantitative estimate of drug-likeness (QED) is 0.374. The van der Waals surface area contributed by atoms with Crippen LogP contribution in [-0.2, 0) is 14.8 Å². The number of carbonyl (C=O) groups is 2. The number of anilines is 2. The van der Waals surface area contributed by atoms with Crippen LogP contribution < -0.4 is 20.7 Å². The number of nitrogens with zero attached hydrogens (tertiary/aromatic N) is 1. The third-order valence-electron chi connectivity index (χ3n) is 4.34. The van der Waals surface area contributed by atoms with Gasteiger partial charge in [-0.2, -0.15) is 4.72 Å². The van der Waals surface area contributed by atoms with E-state index in [9.17, 15) is 18.0 Å². The summed E-state index contributed by atoms with van der Waals surface area (Å²) in [6.45, 7) is 1.42. The lowest BCUT2D eigenvalue weighted by molar-refractivity contribution is -0.137. The van der Waals surface area contributed by atoms with Crippen LogP contribution in [0.5, 0.6) is 0 Å². The summed E-state index contributed by atoms with van der Waals surface area (Å²) in [5.41, 5.74) is 1.27. The van der Waals surface area contributed by atoms with Gasteiger partial charge in [0.1, 0.15) is 0 Å². The summed E-state index contributed by atoms with van der Waals surface area (Å²) in [7, 11) is -4.10. The minimum atomic E-state index is -4.10. The minimum Gasteiger partial charge on any atom is -0.481 e. The number of rotatable bonds is 8. The first kappa shape index (κ1) is 22.8. The molecule has 0 bridgehead atoms. The Hall–Kier alpha value is -3.88. The zero-order chi connectivity index (χ0) is 23.1. The second-order valence-electron chi connectivity index (χ2n) is 6.78. The molecule has 0 fully saturated rings. The van der Waals surface area contributed by atoms with Gasteiger partial charge in [-0.1, -0.05) is 18.1 Å². The van der Waals surface area contributed by atoms with Crippen molar-refractivity contribution in [2.45, 2.75) is 17.4 Å². The van der Waals surface area contributed by atoms with Gasteiger partial charge in [0.25, 0.3) is 5.91 Å². The number of hydrogen-bond donors (Lipinski definition) is 5. The van der Waals surface area contributed by atoms with Crippen LogP contribution in [0.25, 0.3) is 0 Å². The number of aliphatic carboxylic acids is 1. The highest BCUT2D eigenvalue weighted by Crippen LogP contribution is 2.18.